The van der Waals surface area contributed by atoms with Crippen molar-refractivity contribution in [2.24, 2.45) is 10.2 Å². The highest BCUT2D eigenvalue weighted by atomic mass is 16.1. The second-order valence-electron chi connectivity index (χ2n) is 2.86. The maximum Gasteiger partial charge on any atom is 0.160 e. The average molecular weight is 176 g/mol. The van der Waals surface area contributed by atoms with Crippen molar-refractivity contribution in [3.8, 4) is 0 Å². The summed E-state index contributed by atoms with van der Waals surface area (Å²) in [5, 5.41) is 7.54. The Hall–Kier alpha value is -1.51. The molecule has 0 bridgehead atoms. The molecule has 0 N–H and O–H groups in total. The van der Waals surface area contributed by atoms with Crippen LogP contribution < -0.4 is 0 Å². The van der Waals surface area contributed by atoms with Gasteiger partial charge in [0.15, 0.2) is 5.78 Å². The van der Waals surface area contributed by atoms with E-state index in [2.05, 4.69) is 10.2 Å². The highest BCUT2D eigenvalue weighted by Crippen LogP contribution is 2.18. The summed E-state index contributed by atoms with van der Waals surface area (Å²) in [6.07, 6.45) is 0. The van der Waals surface area contributed by atoms with Crippen LogP contribution in [-0.2, 0) is 0 Å². The molecule has 68 valence electrons. The summed E-state index contributed by atoms with van der Waals surface area (Å²) in [6, 6.07) is 5.42. The molecule has 0 aliphatic rings. The Bertz CT molecular complexity index is 356. The lowest BCUT2D eigenvalue weighted by Gasteiger charge is -2.01. The minimum atomic E-state index is 0.0810. The minimum absolute atomic E-state index is 0.0810. The van der Waals surface area contributed by atoms with Gasteiger partial charge in [-0.05, 0) is 37.6 Å². The van der Waals surface area contributed by atoms with Gasteiger partial charge in [-0.25, -0.2) is 0 Å². The first-order valence-corrected chi connectivity index (χ1v) is 4.06. The molecule has 0 saturated carbocycles. The second-order valence-corrected chi connectivity index (χ2v) is 2.86. The van der Waals surface area contributed by atoms with Crippen LogP contribution in [0, 0.1) is 6.92 Å². The summed E-state index contributed by atoms with van der Waals surface area (Å²) in [5.41, 5.74) is 2.47. The van der Waals surface area contributed by atoms with Crippen LogP contribution in [0.4, 0.5) is 5.69 Å². The summed E-state index contributed by atoms with van der Waals surface area (Å²) < 4.78 is 0. The number of benzene rings is 1. The van der Waals surface area contributed by atoms with E-state index in [0.29, 0.717) is 0 Å². The maximum absolute atomic E-state index is 11.1. The van der Waals surface area contributed by atoms with Crippen molar-refractivity contribution in [2.75, 3.05) is 7.05 Å². The van der Waals surface area contributed by atoms with Crippen LogP contribution in [0.2, 0.25) is 0 Å². The lowest BCUT2D eigenvalue weighted by atomic mass is 10.1. The molecule has 0 radical (unpaired) electrons. The van der Waals surface area contributed by atoms with Crippen LogP contribution in [-0.4, -0.2) is 12.8 Å². The monoisotopic (exact) mass is 176 g/mol. The molecule has 13 heavy (non-hydrogen) atoms. The van der Waals surface area contributed by atoms with E-state index in [9.17, 15) is 4.79 Å². The Labute approximate surface area is 77.5 Å². The molecule has 0 aliphatic carbocycles. The molecule has 0 aliphatic heterocycles. The largest absolute Gasteiger partial charge is 0.295 e. The number of hydrogen-bond donors (Lipinski definition) is 0. The van der Waals surface area contributed by atoms with E-state index in [1.165, 1.54) is 0 Å². The number of carbonyl (C=O) groups excluding carboxylic acids is 1. The summed E-state index contributed by atoms with van der Waals surface area (Å²) in [7, 11) is 1.62. The average Bonchev–Trinajstić information content (AvgIpc) is 2.04. The number of nitrogens with zero attached hydrogens (tertiary/aromatic N) is 2. The summed E-state index contributed by atoms with van der Waals surface area (Å²) >= 11 is 0. The van der Waals surface area contributed by atoms with E-state index in [1.807, 2.05) is 13.0 Å². The quantitative estimate of drug-likeness (QED) is 0.504. The molecule has 0 atom stereocenters. The van der Waals surface area contributed by atoms with Gasteiger partial charge in [0, 0.05) is 12.6 Å². The minimum Gasteiger partial charge on any atom is -0.295 e. The van der Waals surface area contributed by atoms with Gasteiger partial charge in [-0.2, -0.15) is 10.2 Å². The van der Waals surface area contributed by atoms with Gasteiger partial charge in [-0.15, -0.1) is 0 Å². The number of rotatable bonds is 2. The first-order chi connectivity index (χ1) is 6.15. The smallest absolute Gasteiger partial charge is 0.160 e. The van der Waals surface area contributed by atoms with E-state index < -0.39 is 0 Å². The van der Waals surface area contributed by atoms with Gasteiger partial charge in [-0.3, -0.25) is 4.79 Å². The molecule has 0 amide bonds. The normalized spacial score (nSPS) is 10.7. The Morgan fingerprint density at radius 1 is 1.38 bits per heavy atom. The van der Waals surface area contributed by atoms with Gasteiger partial charge < -0.3 is 0 Å². The third kappa shape index (κ3) is 2.21. The third-order valence-electron chi connectivity index (χ3n) is 1.80. The number of azo groups is 1. The lowest BCUT2D eigenvalue weighted by Crippen LogP contribution is -1.94. The Morgan fingerprint density at radius 3 is 2.54 bits per heavy atom. The van der Waals surface area contributed by atoms with Crippen molar-refractivity contribution < 1.29 is 4.79 Å². The number of Topliss-reactive ketones (excluding diaryl/α,β-unsaturated/α-hetero) is 1. The number of ketones is 1. The number of aryl methyl sites for hydroxylation is 1. The summed E-state index contributed by atoms with van der Waals surface area (Å²) in [4.78, 5) is 11.1. The van der Waals surface area contributed by atoms with E-state index >= 15 is 0 Å². The zero-order chi connectivity index (χ0) is 9.84. The molecular formula is C10H12N2O. The predicted octanol–water partition coefficient (Wildman–Crippen LogP) is 2.91. The molecule has 3 nitrogen and oxygen atoms in total. The van der Waals surface area contributed by atoms with Crippen molar-refractivity contribution >= 4 is 11.5 Å². The maximum atomic E-state index is 11.1. The van der Waals surface area contributed by atoms with E-state index in [4.69, 9.17) is 0 Å². The molecule has 0 aromatic heterocycles. The van der Waals surface area contributed by atoms with Gasteiger partial charge in [0.1, 0.15) is 0 Å². The lowest BCUT2D eigenvalue weighted by molar-refractivity contribution is 0.101. The van der Waals surface area contributed by atoms with Gasteiger partial charge in [0.25, 0.3) is 0 Å². The van der Waals surface area contributed by atoms with E-state index in [1.54, 1.807) is 26.1 Å². The fraction of sp³-hybridized carbons (Fsp3) is 0.300. The molecule has 0 saturated heterocycles. The van der Waals surface area contributed by atoms with Gasteiger partial charge in [-0.1, -0.05) is 0 Å². The van der Waals surface area contributed by atoms with Gasteiger partial charge >= 0.3 is 0 Å². The van der Waals surface area contributed by atoms with Crippen molar-refractivity contribution in [3.63, 3.8) is 0 Å². The second kappa shape index (κ2) is 3.94. The van der Waals surface area contributed by atoms with Crippen LogP contribution in [0.25, 0.3) is 0 Å². The summed E-state index contributed by atoms with van der Waals surface area (Å²) in [6.45, 7) is 3.45. The summed E-state index contributed by atoms with van der Waals surface area (Å²) in [5.74, 6) is 0.0810. The van der Waals surface area contributed by atoms with Crippen LogP contribution in [0.3, 0.4) is 0 Å². The molecule has 1 aromatic carbocycles. The van der Waals surface area contributed by atoms with Crippen LogP contribution in [0.5, 0.6) is 0 Å². The molecular weight excluding hydrogens is 164 g/mol. The molecule has 1 rings (SSSR count). The number of hydrogen-bond acceptors (Lipinski definition) is 3. The van der Waals surface area contributed by atoms with Crippen molar-refractivity contribution in [3.05, 3.63) is 29.3 Å². The molecule has 0 heterocycles. The van der Waals surface area contributed by atoms with Crippen molar-refractivity contribution in [1.29, 1.82) is 0 Å². The van der Waals surface area contributed by atoms with Crippen molar-refractivity contribution in [1.82, 2.24) is 0 Å². The van der Waals surface area contributed by atoms with Crippen molar-refractivity contribution in [2.45, 2.75) is 13.8 Å². The molecule has 1 aromatic rings. The van der Waals surface area contributed by atoms with Crippen LogP contribution in [0.15, 0.2) is 28.4 Å². The first kappa shape index (κ1) is 9.58. The topological polar surface area (TPSA) is 41.8 Å². The first-order valence-electron chi connectivity index (χ1n) is 4.06. The number of carbonyl (C=O) groups is 1. The third-order valence-corrected chi connectivity index (χ3v) is 1.80. The van der Waals surface area contributed by atoms with Crippen LogP contribution in [0.1, 0.15) is 22.8 Å². The zero-order valence-electron chi connectivity index (χ0n) is 8.03. The highest BCUT2D eigenvalue weighted by molar-refractivity contribution is 5.95. The molecule has 0 unspecified atom stereocenters. The molecule has 0 spiro atoms. The molecule has 0 fully saturated rings. The standard InChI is InChI=1S/C10H12N2O/c1-7-6-9(12-11-3)4-5-10(7)8(2)13/h4-6H,1-3H3/b12-11+. The fourth-order valence-corrected chi connectivity index (χ4v) is 1.22. The SMILES string of the molecule is C/N=N/c1ccc(C(C)=O)c(C)c1. The van der Waals surface area contributed by atoms with Crippen LogP contribution >= 0.6 is 0 Å². The Morgan fingerprint density at radius 2 is 2.08 bits per heavy atom. The van der Waals surface area contributed by atoms with Gasteiger partial charge in [0.05, 0.1) is 5.69 Å². The van der Waals surface area contributed by atoms with Gasteiger partial charge in [0.2, 0.25) is 0 Å². The predicted molar refractivity (Wildman–Crippen MR) is 51.6 cm³/mol. The fourth-order valence-electron chi connectivity index (χ4n) is 1.22. The molecule has 3 heteroatoms. The Kier molecular flexibility index (Phi) is 2.90. The highest BCUT2D eigenvalue weighted by Gasteiger charge is 2.03. The zero-order valence-corrected chi connectivity index (χ0v) is 8.03. The Balaban J connectivity index is 3.12. The van der Waals surface area contributed by atoms with E-state index in [-0.39, 0.29) is 5.78 Å². The van der Waals surface area contributed by atoms with E-state index in [0.717, 1.165) is 16.8 Å².